The minimum atomic E-state index is -3.45. The van der Waals surface area contributed by atoms with Gasteiger partial charge in [0.2, 0.25) is 10.0 Å². The molecule has 1 aliphatic rings. The van der Waals surface area contributed by atoms with Crippen LogP contribution in [-0.4, -0.2) is 43.1 Å². The topological polar surface area (TPSA) is 78.1 Å². The summed E-state index contributed by atoms with van der Waals surface area (Å²) in [5.74, 6) is 0. The van der Waals surface area contributed by atoms with Gasteiger partial charge in [-0.05, 0) is 25.8 Å². The summed E-state index contributed by atoms with van der Waals surface area (Å²) < 4.78 is 27.0. The number of aromatic amines is 1. The summed E-state index contributed by atoms with van der Waals surface area (Å²) in [6.45, 7) is 7.53. The van der Waals surface area contributed by atoms with Crippen molar-refractivity contribution in [1.29, 1.82) is 0 Å². The zero-order valence-electron chi connectivity index (χ0n) is 11.9. The van der Waals surface area contributed by atoms with Crippen LogP contribution in [0.25, 0.3) is 0 Å². The number of hydrogen-bond donors (Lipinski definition) is 2. The molecule has 0 atom stereocenters. The largest absolute Gasteiger partial charge is 0.314 e. The van der Waals surface area contributed by atoms with E-state index in [1.165, 1.54) is 0 Å². The minimum absolute atomic E-state index is 0.0495. The molecular formula is C12H22N4O2S. The first-order chi connectivity index (χ1) is 8.78. The third kappa shape index (κ3) is 2.68. The van der Waals surface area contributed by atoms with Gasteiger partial charge >= 0.3 is 0 Å². The quantitative estimate of drug-likeness (QED) is 0.860. The first-order valence-corrected chi connectivity index (χ1v) is 7.90. The molecule has 19 heavy (non-hydrogen) atoms. The summed E-state index contributed by atoms with van der Waals surface area (Å²) in [5.41, 5.74) is 1.22. The number of nitrogens with zero attached hydrogens (tertiary/aromatic N) is 2. The lowest BCUT2D eigenvalue weighted by molar-refractivity contribution is 0.375. The molecule has 1 aromatic heterocycles. The highest BCUT2D eigenvalue weighted by Crippen LogP contribution is 2.34. The van der Waals surface area contributed by atoms with Gasteiger partial charge in [-0.15, -0.1) is 0 Å². The van der Waals surface area contributed by atoms with Crippen molar-refractivity contribution in [1.82, 2.24) is 19.8 Å². The fraction of sp³-hybridized carbons (Fsp3) is 0.750. The van der Waals surface area contributed by atoms with Gasteiger partial charge in [0.05, 0.1) is 11.4 Å². The van der Waals surface area contributed by atoms with Gasteiger partial charge in [-0.2, -0.15) is 9.40 Å². The standard InChI is InChI=1S/C12H22N4O2S/c1-9-11(10(7-13-4)15-14-9)19(17,18)16-6-5-12(2,3)8-16/h13H,5-8H2,1-4H3,(H,14,15). The number of rotatable bonds is 4. The van der Waals surface area contributed by atoms with E-state index in [1.807, 2.05) is 0 Å². The van der Waals surface area contributed by atoms with Gasteiger partial charge in [0.15, 0.2) is 0 Å². The van der Waals surface area contributed by atoms with Crippen LogP contribution in [-0.2, 0) is 16.6 Å². The maximum absolute atomic E-state index is 12.7. The van der Waals surface area contributed by atoms with Crippen molar-refractivity contribution in [3.05, 3.63) is 11.4 Å². The summed E-state index contributed by atoms with van der Waals surface area (Å²) in [4.78, 5) is 0.333. The van der Waals surface area contributed by atoms with Gasteiger partial charge in [-0.25, -0.2) is 8.42 Å². The van der Waals surface area contributed by atoms with Gasteiger partial charge in [0.25, 0.3) is 0 Å². The van der Waals surface area contributed by atoms with E-state index in [9.17, 15) is 8.42 Å². The van der Waals surface area contributed by atoms with Gasteiger partial charge < -0.3 is 5.32 Å². The molecule has 0 saturated carbocycles. The van der Waals surface area contributed by atoms with Crippen molar-refractivity contribution in [3.63, 3.8) is 0 Å². The van der Waals surface area contributed by atoms with Crippen molar-refractivity contribution in [3.8, 4) is 0 Å². The average molecular weight is 286 g/mol. The summed E-state index contributed by atoms with van der Waals surface area (Å²) in [6.07, 6.45) is 0.893. The molecule has 0 bridgehead atoms. The smallest absolute Gasteiger partial charge is 0.246 e. The molecule has 1 fully saturated rings. The number of aromatic nitrogens is 2. The second kappa shape index (κ2) is 4.88. The van der Waals surface area contributed by atoms with Crippen LogP contribution in [0.15, 0.2) is 4.90 Å². The SMILES string of the molecule is CNCc1n[nH]c(C)c1S(=O)(=O)N1CCC(C)(C)C1. The number of H-pyrrole nitrogens is 1. The molecule has 0 radical (unpaired) electrons. The lowest BCUT2D eigenvalue weighted by Crippen LogP contribution is -2.31. The van der Waals surface area contributed by atoms with Crippen LogP contribution in [0.4, 0.5) is 0 Å². The van der Waals surface area contributed by atoms with Crippen molar-refractivity contribution in [2.24, 2.45) is 5.41 Å². The molecule has 6 nitrogen and oxygen atoms in total. The molecule has 1 aliphatic heterocycles. The Hall–Kier alpha value is -0.920. The van der Waals surface area contributed by atoms with Gasteiger partial charge in [0, 0.05) is 19.6 Å². The monoisotopic (exact) mass is 286 g/mol. The molecule has 2 N–H and O–H groups in total. The Labute approximate surface area is 114 Å². The average Bonchev–Trinajstić information content (AvgIpc) is 2.83. The predicted octanol–water partition coefficient (Wildman–Crippen LogP) is 0.858. The molecule has 108 valence electrons. The van der Waals surface area contributed by atoms with Crippen LogP contribution < -0.4 is 5.32 Å². The highest BCUT2D eigenvalue weighted by Gasteiger charge is 2.39. The maximum Gasteiger partial charge on any atom is 0.246 e. The molecule has 2 rings (SSSR count). The highest BCUT2D eigenvalue weighted by atomic mass is 32.2. The molecule has 2 heterocycles. The van der Waals surface area contributed by atoms with E-state index in [2.05, 4.69) is 29.4 Å². The summed E-state index contributed by atoms with van der Waals surface area (Å²) >= 11 is 0. The second-order valence-electron chi connectivity index (χ2n) is 5.91. The normalized spacial score (nSPS) is 20.0. The third-order valence-corrected chi connectivity index (χ3v) is 5.59. The zero-order chi connectivity index (χ0) is 14.3. The Morgan fingerprint density at radius 1 is 1.47 bits per heavy atom. The van der Waals surface area contributed by atoms with Crippen LogP contribution in [0.2, 0.25) is 0 Å². The van der Waals surface area contributed by atoms with Crippen LogP contribution in [0, 0.1) is 12.3 Å². The van der Waals surface area contributed by atoms with Crippen LogP contribution in [0.5, 0.6) is 0 Å². The lowest BCUT2D eigenvalue weighted by atomic mass is 9.93. The molecule has 0 amide bonds. The van der Waals surface area contributed by atoms with Gasteiger partial charge in [0.1, 0.15) is 4.90 Å². The molecule has 1 aromatic rings. The molecule has 0 aliphatic carbocycles. The lowest BCUT2D eigenvalue weighted by Gasteiger charge is -2.20. The Morgan fingerprint density at radius 2 is 2.16 bits per heavy atom. The van der Waals surface area contributed by atoms with Crippen molar-refractivity contribution < 1.29 is 8.42 Å². The summed E-state index contributed by atoms with van der Waals surface area (Å²) in [7, 11) is -1.67. The number of aryl methyl sites for hydroxylation is 1. The zero-order valence-corrected chi connectivity index (χ0v) is 12.8. The number of nitrogens with one attached hydrogen (secondary N) is 2. The van der Waals surface area contributed by atoms with Gasteiger partial charge in [-0.3, -0.25) is 5.10 Å². The van der Waals surface area contributed by atoms with E-state index in [1.54, 1.807) is 18.3 Å². The summed E-state index contributed by atoms with van der Waals surface area (Å²) in [5, 5.41) is 9.81. The molecule has 1 saturated heterocycles. The van der Waals surface area contributed by atoms with Crippen molar-refractivity contribution in [2.45, 2.75) is 38.6 Å². The molecule has 0 unspecified atom stereocenters. The second-order valence-corrected chi connectivity index (χ2v) is 7.78. The fourth-order valence-corrected chi connectivity index (χ4v) is 4.45. The maximum atomic E-state index is 12.7. The molecule has 7 heteroatoms. The van der Waals surface area contributed by atoms with Crippen LogP contribution in [0.1, 0.15) is 31.7 Å². The Kier molecular flexibility index (Phi) is 3.72. The summed E-state index contributed by atoms with van der Waals surface area (Å²) in [6, 6.07) is 0. The van der Waals surface area contributed by atoms with Crippen molar-refractivity contribution in [2.75, 3.05) is 20.1 Å². The van der Waals surface area contributed by atoms with Crippen molar-refractivity contribution >= 4 is 10.0 Å². The Bertz CT molecular complexity index is 562. The molecule has 0 aromatic carbocycles. The van der Waals surface area contributed by atoms with Gasteiger partial charge in [-0.1, -0.05) is 13.8 Å². The Balaban J connectivity index is 2.38. The van der Waals surface area contributed by atoms with E-state index in [4.69, 9.17) is 0 Å². The van der Waals surface area contributed by atoms with E-state index in [0.717, 1.165) is 6.42 Å². The number of hydrogen-bond acceptors (Lipinski definition) is 4. The molecule has 0 spiro atoms. The Morgan fingerprint density at radius 3 is 2.68 bits per heavy atom. The van der Waals surface area contributed by atoms with E-state index in [0.29, 0.717) is 35.9 Å². The first-order valence-electron chi connectivity index (χ1n) is 6.46. The fourth-order valence-electron chi connectivity index (χ4n) is 2.50. The van der Waals surface area contributed by atoms with E-state index in [-0.39, 0.29) is 5.41 Å². The predicted molar refractivity (Wildman–Crippen MR) is 73.2 cm³/mol. The molecular weight excluding hydrogens is 264 g/mol. The first kappa shape index (κ1) is 14.5. The van der Waals surface area contributed by atoms with E-state index >= 15 is 0 Å². The number of sulfonamides is 1. The van der Waals surface area contributed by atoms with Crippen LogP contribution in [0.3, 0.4) is 0 Å². The highest BCUT2D eigenvalue weighted by molar-refractivity contribution is 7.89. The van der Waals surface area contributed by atoms with E-state index < -0.39 is 10.0 Å². The van der Waals surface area contributed by atoms with Crippen LogP contribution >= 0.6 is 0 Å². The minimum Gasteiger partial charge on any atom is -0.314 e. The third-order valence-electron chi connectivity index (χ3n) is 3.55.